The predicted octanol–water partition coefficient (Wildman–Crippen LogP) is 1.51. The van der Waals surface area contributed by atoms with E-state index in [0.717, 1.165) is 25.9 Å². The molecular formula is C15H29N3O. The molecule has 2 N–H and O–H groups in total. The van der Waals surface area contributed by atoms with Crippen LogP contribution in [0, 0.1) is 0 Å². The first-order valence-corrected chi connectivity index (χ1v) is 7.87. The fourth-order valence-corrected chi connectivity index (χ4v) is 2.82. The molecule has 1 saturated carbocycles. The highest BCUT2D eigenvalue weighted by molar-refractivity contribution is 5.81. The molecule has 0 aromatic carbocycles. The maximum Gasteiger partial charge on any atom is 0.237 e. The molecule has 19 heavy (non-hydrogen) atoms. The monoisotopic (exact) mass is 267 g/mol. The molecule has 0 spiro atoms. The van der Waals surface area contributed by atoms with Crippen LogP contribution in [0.2, 0.25) is 0 Å². The summed E-state index contributed by atoms with van der Waals surface area (Å²) in [6.45, 7) is 8.47. The van der Waals surface area contributed by atoms with Gasteiger partial charge in [0, 0.05) is 24.7 Å². The number of carbonyl (C=O) groups is 1. The molecule has 0 aromatic heterocycles. The van der Waals surface area contributed by atoms with E-state index in [1.54, 1.807) is 0 Å². The Labute approximate surface area is 117 Å². The summed E-state index contributed by atoms with van der Waals surface area (Å²) in [7, 11) is 0. The van der Waals surface area contributed by atoms with Crippen LogP contribution in [0.15, 0.2) is 0 Å². The summed E-state index contributed by atoms with van der Waals surface area (Å²) in [4.78, 5) is 14.6. The molecular weight excluding hydrogens is 238 g/mol. The lowest BCUT2D eigenvalue weighted by Gasteiger charge is -2.39. The van der Waals surface area contributed by atoms with Crippen LogP contribution in [0.4, 0.5) is 0 Å². The topological polar surface area (TPSA) is 44.4 Å². The fraction of sp³-hybridized carbons (Fsp3) is 0.933. The molecule has 0 radical (unpaired) electrons. The van der Waals surface area contributed by atoms with E-state index >= 15 is 0 Å². The molecule has 1 heterocycles. The zero-order valence-electron chi connectivity index (χ0n) is 12.6. The maximum absolute atomic E-state index is 12.2. The van der Waals surface area contributed by atoms with Gasteiger partial charge in [0.2, 0.25) is 5.91 Å². The van der Waals surface area contributed by atoms with E-state index in [9.17, 15) is 4.79 Å². The molecule has 1 saturated heterocycles. The molecule has 2 aliphatic rings. The molecule has 1 amide bonds. The Hall–Kier alpha value is -0.610. The second kappa shape index (κ2) is 6.71. The van der Waals surface area contributed by atoms with E-state index in [1.165, 1.54) is 19.3 Å². The largest absolute Gasteiger partial charge is 0.352 e. The minimum Gasteiger partial charge on any atom is -0.352 e. The van der Waals surface area contributed by atoms with E-state index < -0.39 is 0 Å². The van der Waals surface area contributed by atoms with Crippen molar-refractivity contribution in [3.05, 3.63) is 0 Å². The summed E-state index contributed by atoms with van der Waals surface area (Å²) in [6.07, 6.45) is 6.05. The highest BCUT2D eigenvalue weighted by atomic mass is 16.2. The van der Waals surface area contributed by atoms with E-state index in [0.29, 0.717) is 18.1 Å². The summed E-state index contributed by atoms with van der Waals surface area (Å²) in [5.74, 6) is 0.221. The minimum absolute atomic E-state index is 0.0138. The Bertz CT molecular complexity index is 302. The van der Waals surface area contributed by atoms with Crippen molar-refractivity contribution in [1.29, 1.82) is 0 Å². The molecule has 0 aromatic rings. The summed E-state index contributed by atoms with van der Waals surface area (Å²) in [5, 5.41) is 6.65. The van der Waals surface area contributed by atoms with E-state index in [-0.39, 0.29) is 11.9 Å². The third kappa shape index (κ3) is 4.46. The van der Waals surface area contributed by atoms with Gasteiger partial charge in [0.1, 0.15) is 0 Å². The van der Waals surface area contributed by atoms with Crippen molar-refractivity contribution in [3.63, 3.8) is 0 Å². The van der Waals surface area contributed by atoms with Crippen LogP contribution < -0.4 is 10.6 Å². The van der Waals surface area contributed by atoms with Gasteiger partial charge in [-0.25, -0.2) is 0 Å². The van der Waals surface area contributed by atoms with E-state index in [1.807, 2.05) is 0 Å². The summed E-state index contributed by atoms with van der Waals surface area (Å²) in [5.41, 5.74) is 0. The van der Waals surface area contributed by atoms with Crippen molar-refractivity contribution in [2.75, 3.05) is 13.1 Å². The van der Waals surface area contributed by atoms with Gasteiger partial charge in [0.25, 0.3) is 0 Å². The minimum atomic E-state index is 0.0138. The first-order valence-electron chi connectivity index (χ1n) is 7.87. The standard InChI is InChI=1S/C15H29N3O/c1-11(2)16-10-14-6-4-5-9-18(14)12(3)15(19)17-13-7-8-13/h11-14,16H,4-10H2,1-3H3,(H,17,19). The van der Waals surface area contributed by atoms with Gasteiger partial charge in [-0.3, -0.25) is 9.69 Å². The number of rotatable bonds is 6. The second-order valence-corrected chi connectivity index (χ2v) is 6.41. The third-order valence-electron chi connectivity index (χ3n) is 4.24. The summed E-state index contributed by atoms with van der Waals surface area (Å²) >= 11 is 0. The van der Waals surface area contributed by atoms with Crippen LogP contribution in [-0.4, -0.2) is 48.1 Å². The van der Waals surface area contributed by atoms with Gasteiger partial charge in [-0.05, 0) is 39.2 Å². The van der Waals surface area contributed by atoms with Crippen LogP contribution in [-0.2, 0) is 4.79 Å². The van der Waals surface area contributed by atoms with Gasteiger partial charge < -0.3 is 10.6 Å². The Kier molecular flexibility index (Phi) is 5.22. The normalized spacial score (nSPS) is 26.4. The number of nitrogens with zero attached hydrogens (tertiary/aromatic N) is 1. The van der Waals surface area contributed by atoms with Gasteiger partial charge in [-0.2, -0.15) is 0 Å². The lowest BCUT2D eigenvalue weighted by Crippen LogP contribution is -2.55. The van der Waals surface area contributed by atoms with Crippen LogP contribution in [0.5, 0.6) is 0 Å². The molecule has 1 aliphatic carbocycles. The lowest BCUT2D eigenvalue weighted by molar-refractivity contribution is -0.127. The first kappa shape index (κ1) is 14.8. The van der Waals surface area contributed by atoms with Gasteiger partial charge in [0.05, 0.1) is 6.04 Å². The zero-order chi connectivity index (χ0) is 13.8. The van der Waals surface area contributed by atoms with E-state index in [2.05, 4.69) is 36.3 Å². The predicted molar refractivity (Wildman–Crippen MR) is 78.1 cm³/mol. The molecule has 4 nitrogen and oxygen atoms in total. The van der Waals surface area contributed by atoms with Gasteiger partial charge in [0.15, 0.2) is 0 Å². The molecule has 2 atom stereocenters. The quantitative estimate of drug-likeness (QED) is 0.766. The van der Waals surface area contributed by atoms with Crippen molar-refractivity contribution < 1.29 is 4.79 Å². The van der Waals surface area contributed by atoms with Crippen molar-refractivity contribution >= 4 is 5.91 Å². The number of hydrogen-bond acceptors (Lipinski definition) is 3. The first-order chi connectivity index (χ1) is 9.08. The number of hydrogen-bond donors (Lipinski definition) is 2. The third-order valence-corrected chi connectivity index (χ3v) is 4.24. The lowest BCUT2D eigenvalue weighted by atomic mass is 9.99. The van der Waals surface area contributed by atoms with Crippen molar-refractivity contribution in [2.24, 2.45) is 0 Å². The summed E-state index contributed by atoms with van der Waals surface area (Å²) < 4.78 is 0. The Morgan fingerprint density at radius 2 is 1.95 bits per heavy atom. The van der Waals surface area contributed by atoms with Crippen LogP contribution in [0.1, 0.15) is 52.9 Å². The zero-order valence-corrected chi connectivity index (χ0v) is 12.6. The number of nitrogens with one attached hydrogen (secondary N) is 2. The van der Waals surface area contributed by atoms with Crippen molar-refractivity contribution in [2.45, 2.75) is 77.0 Å². The molecule has 0 bridgehead atoms. The second-order valence-electron chi connectivity index (χ2n) is 6.41. The van der Waals surface area contributed by atoms with Gasteiger partial charge >= 0.3 is 0 Å². The highest BCUT2D eigenvalue weighted by Gasteiger charge is 2.32. The van der Waals surface area contributed by atoms with Crippen molar-refractivity contribution in [3.8, 4) is 0 Å². The maximum atomic E-state index is 12.2. The van der Waals surface area contributed by atoms with E-state index in [4.69, 9.17) is 0 Å². The number of amides is 1. The smallest absolute Gasteiger partial charge is 0.237 e. The Balaban J connectivity index is 1.87. The summed E-state index contributed by atoms with van der Waals surface area (Å²) in [6, 6.07) is 1.50. The SMILES string of the molecule is CC(C)NCC1CCCCN1C(C)C(=O)NC1CC1. The molecule has 2 rings (SSSR count). The fourth-order valence-electron chi connectivity index (χ4n) is 2.82. The van der Waals surface area contributed by atoms with Gasteiger partial charge in [-0.1, -0.05) is 20.3 Å². The van der Waals surface area contributed by atoms with Crippen LogP contribution in [0.3, 0.4) is 0 Å². The Morgan fingerprint density at radius 3 is 2.58 bits per heavy atom. The van der Waals surface area contributed by atoms with Crippen LogP contribution >= 0.6 is 0 Å². The number of carbonyl (C=O) groups excluding carboxylic acids is 1. The average molecular weight is 267 g/mol. The Morgan fingerprint density at radius 1 is 1.21 bits per heavy atom. The number of likely N-dealkylation sites (tertiary alicyclic amines) is 1. The molecule has 1 aliphatic heterocycles. The molecule has 110 valence electrons. The molecule has 4 heteroatoms. The molecule has 2 unspecified atom stereocenters. The molecule has 2 fully saturated rings. The average Bonchev–Trinajstić information content (AvgIpc) is 3.19. The number of piperidine rings is 1. The van der Waals surface area contributed by atoms with Gasteiger partial charge in [-0.15, -0.1) is 0 Å². The highest BCUT2D eigenvalue weighted by Crippen LogP contribution is 2.22. The van der Waals surface area contributed by atoms with Crippen molar-refractivity contribution in [1.82, 2.24) is 15.5 Å². The van der Waals surface area contributed by atoms with Crippen LogP contribution in [0.25, 0.3) is 0 Å².